The van der Waals surface area contributed by atoms with Crippen LogP contribution in [-0.2, 0) is 6.42 Å². The molecule has 2 heterocycles. The lowest BCUT2D eigenvalue weighted by Gasteiger charge is -2.43. The van der Waals surface area contributed by atoms with Gasteiger partial charge in [0.05, 0.1) is 18.2 Å². The Kier molecular flexibility index (Phi) is 7.72. The molecule has 192 valence electrons. The lowest BCUT2D eigenvalue weighted by Crippen LogP contribution is -2.52. The summed E-state index contributed by atoms with van der Waals surface area (Å²) in [6.45, 7) is 0.659. The van der Waals surface area contributed by atoms with Crippen LogP contribution in [0, 0.1) is 5.82 Å². The van der Waals surface area contributed by atoms with Crippen LogP contribution in [0.4, 0.5) is 4.39 Å². The number of piperidine rings is 1. The number of aliphatic hydroxyl groups is 1. The van der Waals surface area contributed by atoms with Crippen molar-refractivity contribution >= 4 is 34.3 Å². The zero-order chi connectivity index (χ0) is 26.0. The number of nitrogens with zero attached hydrogens (tertiary/aromatic N) is 1. The molecular weight excluding hydrogens is 507 g/mol. The first-order valence-corrected chi connectivity index (χ1v) is 14.0. The smallest absolute Gasteiger partial charge is 0.217 e. The minimum absolute atomic E-state index is 0.0292. The van der Waals surface area contributed by atoms with Crippen molar-refractivity contribution in [3.8, 4) is 5.88 Å². The van der Waals surface area contributed by atoms with Crippen molar-refractivity contribution in [2.24, 2.45) is 0 Å². The van der Waals surface area contributed by atoms with Gasteiger partial charge in [0.25, 0.3) is 0 Å². The molecule has 1 fully saturated rings. The molecule has 0 aliphatic carbocycles. The molecule has 3 aromatic carbocycles. The topological polar surface area (TPSA) is 54.4 Å². The van der Waals surface area contributed by atoms with Gasteiger partial charge in [-0.25, -0.2) is 9.37 Å². The van der Waals surface area contributed by atoms with E-state index in [1.54, 1.807) is 31.0 Å². The molecule has 1 aliphatic heterocycles. The first kappa shape index (κ1) is 26.0. The maximum atomic E-state index is 13.4. The van der Waals surface area contributed by atoms with Crippen molar-refractivity contribution in [1.82, 2.24) is 10.3 Å². The summed E-state index contributed by atoms with van der Waals surface area (Å²) in [6.07, 6.45) is 3.82. The molecule has 5 rings (SSSR count). The van der Waals surface area contributed by atoms with Crippen molar-refractivity contribution in [2.45, 2.75) is 41.7 Å². The van der Waals surface area contributed by atoms with E-state index in [2.05, 4.69) is 29.8 Å². The Labute approximate surface area is 226 Å². The largest absolute Gasteiger partial charge is 0.481 e. The molecule has 3 unspecified atom stereocenters. The van der Waals surface area contributed by atoms with E-state index in [-0.39, 0.29) is 17.8 Å². The molecule has 4 aromatic rings. The number of rotatable bonds is 7. The summed E-state index contributed by atoms with van der Waals surface area (Å²) in [6, 6.07) is 22.6. The first-order chi connectivity index (χ1) is 17.9. The lowest BCUT2D eigenvalue weighted by molar-refractivity contribution is -0.0191. The molecule has 2 N–H and O–H groups in total. The minimum atomic E-state index is -1.07. The van der Waals surface area contributed by atoms with E-state index in [0.29, 0.717) is 36.7 Å². The number of ether oxygens (including phenoxy) is 1. The molecule has 3 atom stereocenters. The summed E-state index contributed by atoms with van der Waals surface area (Å²) in [7, 11) is 1.62. The van der Waals surface area contributed by atoms with Crippen LogP contribution in [0.15, 0.2) is 77.7 Å². The van der Waals surface area contributed by atoms with E-state index >= 15 is 0 Å². The molecule has 1 aromatic heterocycles. The SMILES string of the molecule is COc1nc2ccc(SC)cc2cc1C(c1ccc(Cl)cc1)C1(O)CCNC(Cc2ccc(F)cc2)C1. The quantitative estimate of drug-likeness (QED) is 0.260. The average molecular weight is 537 g/mol. The van der Waals surface area contributed by atoms with Gasteiger partial charge >= 0.3 is 0 Å². The highest BCUT2D eigenvalue weighted by molar-refractivity contribution is 7.98. The fraction of sp³-hybridized carbons (Fsp3) is 0.300. The zero-order valence-corrected chi connectivity index (χ0v) is 22.5. The van der Waals surface area contributed by atoms with E-state index in [1.807, 2.05) is 30.3 Å². The number of fused-ring (bicyclic) bond motifs is 1. The summed E-state index contributed by atoms with van der Waals surface area (Å²) in [4.78, 5) is 5.98. The molecule has 1 aliphatic rings. The average Bonchev–Trinajstić information content (AvgIpc) is 2.90. The van der Waals surface area contributed by atoms with Crippen LogP contribution in [0.3, 0.4) is 0 Å². The van der Waals surface area contributed by atoms with E-state index in [9.17, 15) is 9.50 Å². The van der Waals surface area contributed by atoms with Crippen LogP contribution in [0.5, 0.6) is 5.88 Å². The van der Waals surface area contributed by atoms with Gasteiger partial charge in [-0.2, -0.15) is 0 Å². The van der Waals surface area contributed by atoms with Crippen LogP contribution in [0.2, 0.25) is 5.02 Å². The second kappa shape index (κ2) is 11.0. The highest BCUT2D eigenvalue weighted by Crippen LogP contribution is 2.45. The first-order valence-electron chi connectivity index (χ1n) is 12.4. The Balaban J connectivity index is 1.59. The number of aromatic nitrogens is 1. The van der Waals surface area contributed by atoms with Gasteiger partial charge in [0.2, 0.25) is 5.88 Å². The minimum Gasteiger partial charge on any atom is -0.481 e. The van der Waals surface area contributed by atoms with Crippen molar-refractivity contribution in [3.63, 3.8) is 0 Å². The van der Waals surface area contributed by atoms with Gasteiger partial charge in [0, 0.05) is 32.8 Å². The number of hydrogen-bond donors (Lipinski definition) is 2. The molecule has 0 amide bonds. The van der Waals surface area contributed by atoms with Gasteiger partial charge in [-0.1, -0.05) is 35.9 Å². The normalized spacial score (nSPS) is 20.6. The van der Waals surface area contributed by atoms with Crippen LogP contribution in [0.1, 0.15) is 35.4 Å². The molecule has 0 radical (unpaired) electrons. The van der Waals surface area contributed by atoms with E-state index in [1.165, 1.54) is 12.1 Å². The summed E-state index contributed by atoms with van der Waals surface area (Å²) < 4.78 is 19.2. The zero-order valence-electron chi connectivity index (χ0n) is 20.9. The number of benzene rings is 3. The van der Waals surface area contributed by atoms with Gasteiger partial charge < -0.3 is 15.2 Å². The Bertz CT molecular complexity index is 1380. The fourth-order valence-electron chi connectivity index (χ4n) is 5.49. The third kappa shape index (κ3) is 5.63. The number of nitrogens with one attached hydrogen (secondary N) is 1. The number of hydrogen-bond acceptors (Lipinski definition) is 5. The summed E-state index contributed by atoms with van der Waals surface area (Å²) in [5.74, 6) is -0.126. The van der Waals surface area contributed by atoms with Crippen molar-refractivity contribution in [3.05, 3.63) is 100 Å². The number of pyridine rings is 1. The third-order valence-electron chi connectivity index (χ3n) is 7.25. The predicted molar refractivity (Wildman–Crippen MR) is 149 cm³/mol. The van der Waals surface area contributed by atoms with E-state index < -0.39 is 5.60 Å². The highest BCUT2D eigenvalue weighted by Gasteiger charge is 2.44. The number of thioether (sulfide) groups is 1. The molecule has 4 nitrogen and oxygen atoms in total. The molecule has 7 heteroatoms. The van der Waals surface area contributed by atoms with E-state index in [4.69, 9.17) is 21.3 Å². The van der Waals surface area contributed by atoms with Gasteiger partial charge in [-0.15, -0.1) is 11.8 Å². The van der Waals surface area contributed by atoms with Gasteiger partial charge in [0.1, 0.15) is 5.82 Å². The number of halogens is 2. The predicted octanol–water partition coefficient (Wildman–Crippen LogP) is 6.62. The van der Waals surface area contributed by atoms with Crippen molar-refractivity contribution < 1.29 is 14.2 Å². The van der Waals surface area contributed by atoms with Gasteiger partial charge in [-0.05, 0) is 91.7 Å². The van der Waals surface area contributed by atoms with Crippen LogP contribution in [0.25, 0.3) is 10.9 Å². The molecule has 1 saturated heterocycles. The molecule has 37 heavy (non-hydrogen) atoms. The van der Waals surface area contributed by atoms with Crippen LogP contribution < -0.4 is 10.1 Å². The van der Waals surface area contributed by atoms with Crippen molar-refractivity contribution in [1.29, 1.82) is 0 Å². The van der Waals surface area contributed by atoms with Gasteiger partial charge in [0.15, 0.2) is 0 Å². The van der Waals surface area contributed by atoms with Crippen LogP contribution in [-0.4, -0.2) is 41.6 Å². The molecule has 0 bridgehead atoms. The monoisotopic (exact) mass is 536 g/mol. The standard InChI is InChI=1S/C30H30ClFN2O2S/c1-36-29-26(17-21-16-25(37-2)11-12-27(21)34-29)28(20-5-7-22(31)8-6-20)30(35)13-14-33-24(18-30)15-19-3-9-23(32)10-4-19/h3-12,16-17,24,28,33,35H,13-15,18H2,1-2H3. The number of methoxy groups -OCH3 is 1. The third-order valence-corrected chi connectivity index (χ3v) is 8.22. The molecular formula is C30H30ClFN2O2S. The summed E-state index contributed by atoms with van der Waals surface area (Å²) in [5.41, 5.74) is 2.61. The highest BCUT2D eigenvalue weighted by atomic mass is 35.5. The van der Waals surface area contributed by atoms with Gasteiger partial charge in [-0.3, -0.25) is 0 Å². The maximum Gasteiger partial charge on any atom is 0.217 e. The lowest BCUT2D eigenvalue weighted by atomic mass is 9.70. The summed E-state index contributed by atoms with van der Waals surface area (Å²) >= 11 is 7.92. The maximum absolute atomic E-state index is 13.4. The van der Waals surface area contributed by atoms with E-state index in [0.717, 1.165) is 32.5 Å². The Morgan fingerprint density at radius 3 is 2.59 bits per heavy atom. The molecule has 0 saturated carbocycles. The molecule has 0 spiro atoms. The second-order valence-corrected chi connectivity index (χ2v) is 11.0. The summed E-state index contributed by atoms with van der Waals surface area (Å²) in [5, 5.41) is 17.6. The Hall–Kier alpha value is -2.64. The van der Waals surface area contributed by atoms with Crippen molar-refractivity contribution in [2.75, 3.05) is 19.9 Å². The Morgan fingerprint density at radius 1 is 1.14 bits per heavy atom. The second-order valence-electron chi connectivity index (χ2n) is 9.67. The fourth-order valence-corrected chi connectivity index (χ4v) is 6.07. The Morgan fingerprint density at radius 2 is 1.89 bits per heavy atom. The van der Waals surface area contributed by atoms with Crippen LogP contribution >= 0.6 is 23.4 Å².